The second kappa shape index (κ2) is 10.7. The molecule has 1 spiro atoms. The number of rotatable bonds is 7. The van der Waals surface area contributed by atoms with Crippen LogP contribution in [0.3, 0.4) is 0 Å². The molecule has 0 aliphatic carbocycles. The maximum Gasteiger partial charge on any atom is 0.254 e. The molecule has 3 aromatic carbocycles. The van der Waals surface area contributed by atoms with E-state index >= 15 is 0 Å². The molecule has 0 saturated carbocycles. The van der Waals surface area contributed by atoms with Crippen LogP contribution in [0.4, 0.5) is 5.69 Å². The molecule has 3 aromatic rings. The summed E-state index contributed by atoms with van der Waals surface area (Å²) >= 11 is 6.22. The lowest BCUT2D eigenvalue weighted by Crippen LogP contribution is -2.62. The van der Waals surface area contributed by atoms with E-state index in [1.165, 1.54) is 5.56 Å². The van der Waals surface area contributed by atoms with Crippen molar-refractivity contribution in [2.75, 3.05) is 53.0 Å². The minimum Gasteiger partial charge on any atom is -0.497 e. The smallest absolute Gasteiger partial charge is 0.254 e. The van der Waals surface area contributed by atoms with Crippen molar-refractivity contribution in [1.82, 2.24) is 4.90 Å². The van der Waals surface area contributed by atoms with Gasteiger partial charge in [-0.3, -0.25) is 4.79 Å². The van der Waals surface area contributed by atoms with Crippen molar-refractivity contribution in [1.29, 1.82) is 0 Å². The number of nitrogens with zero attached hydrogens (tertiary/aromatic N) is 2. The summed E-state index contributed by atoms with van der Waals surface area (Å²) in [6.45, 7) is 2.28. The van der Waals surface area contributed by atoms with Crippen molar-refractivity contribution in [2.24, 2.45) is 5.41 Å². The average Bonchev–Trinajstić information content (AvgIpc) is 2.96. The predicted octanol–water partition coefficient (Wildman–Crippen LogP) is 5.86. The molecule has 2 aliphatic heterocycles. The van der Waals surface area contributed by atoms with Crippen LogP contribution in [0.25, 0.3) is 0 Å². The molecular formula is C30H33ClN2O5. The van der Waals surface area contributed by atoms with Crippen LogP contribution in [0.1, 0.15) is 34.8 Å². The van der Waals surface area contributed by atoms with Gasteiger partial charge in [-0.2, -0.15) is 0 Å². The summed E-state index contributed by atoms with van der Waals surface area (Å²) in [7, 11) is 6.34. The van der Waals surface area contributed by atoms with Crippen LogP contribution in [0.15, 0.2) is 60.7 Å². The van der Waals surface area contributed by atoms with E-state index in [-0.39, 0.29) is 17.4 Å². The minimum atomic E-state index is -0.0338. The van der Waals surface area contributed by atoms with Gasteiger partial charge in [0.1, 0.15) is 5.75 Å². The van der Waals surface area contributed by atoms with E-state index in [1.807, 2.05) is 29.2 Å². The van der Waals surface area contributed by atoms with E-state index in [1.54, 1.807) is 40.6 Å². The molecule has 1 atom stereocenters. The van der Waals surface area contributed by atoms with Gasteiger partial charge in [0.25, 0.3) is 5.91 Å². The van der Waals surface area contributed by atoms with Crippen molar-refractivity contribution < 1.29 is 23.7 Å². The molecule has 2 saturated heterocycles. The molecule has 5 rings (SSSR count). The van der Waals surface area contributed by atoms with E-state index in [4.69, 9.17) is 30.5 Å². The Morgan fingerprint density at radius 1 is 0.842 bits per heavy atom. The second-order valence-electron chi connectivity index (χ2n) is 9.85. The predicted molar refractivity (Wildman–Crippen MR) is 148 cm³/mol. The molecule has 1 unspecified atom stereocenters. The number of carbonyl (C=O) groups is 1. The van der Waals surface area contributed by atoms with Crippen molar-refractivity contribution in [3.05, 3.63) is 76.8 Å². The normalized spacial score (nSPS) is 18.1. The fraction of sp³-hybridized carbons (Fsp3) is 0.367. The fourth-order valence-electron chi connectivity index (χ4n) is 5.90. The van der Waals surface area contributed by atoms with E-state index in [0.717, 1.165) is 35.8 Å². The molecule has 0 aromatic heterocycles. The molecule has 38 heavy (non-hydrogen) atoms. The lowest BCUT2D eigenvalue weighted by atomic mass is 9.63. The maximum absolute atomic E-state index is 13.5. The summed E-state index contributed by atoms with van der Waals surface area (Å²) in [6.07, 6.45) is 1.81. The lowest BCUT2D eigenvalue weighted by molar-refractivity contribution is 0.0271. The van der Waals surface area contributed by atoms with Gasteiger partial charge in [-0.1, -0.05) is 23.7 Å². The summed E-state index contributed by atoms with van der Waals surface area (Å²) < 4.78 is 21.7. The number of hydrogen-bond acceptors (Lipinski definition) is 6. The van der Waals surface area contributed by atoms with Crippen LogP contribution < -0.4 is 23.8 Å². The Morgan fingerprint density at radius 2 is 1.45 bits per heavy atom. The minimum absolute atomic E-state index is 0.0338. The molecular weight excluding hydrogens is 504 g/mol. The highest BCUT2D eigenvalue weighted by molar-refractivity contribution is 6.30. The van der Waals surface area contributed by atoms with Crippen molar-refractivity contribution in [3.63, 3.8) is 0 Å². The standard InChI is InChI=1S/C30H33ClN2O5/c1-35-24-11-9-23(10-12-24)33-19-30(28(33)20-5-7-22(31)8-6-20)13-15-32(16-14-30)29(34)21-17-25(36-2)27(38-4)26(18-21)37-3/h5-12,17-18,28H,13-16,19H2,1-4H3. The van der Waals surface area contributed by atoms with Gasteiger partial charge in [-0.05, 0) is 66.9 Å². The van der Waals surface area contributed by atoms with Gasteiger partial charge in [0.05, 0.1) is 34.5 Å². The topological polar surface area (TPSA) is 60.5 Å². The Kier molecular flexibility index (Phi) is 7.30. The average molecular weight is 537 g/mol. The molecule has 200 valence electrons. The largest absolute Gasteiger partial charge is 0.497 e. The first kappa shape index (κ1) is 26.0. The number of methoxy groups -OCH3 is 4. The first-order valence-corrected chi connectivity index (χ1v) is 13.1. The highest BCUT2D eigenvalue weighted by Crippen LogP contribution is 2.56. The molecule has 0 radical (unpaired) electrons. The molecule has 0 N–H and O–H groups in total. The van der Waals surface area contributed by atoms with Crippen LogP contribution in [0.2, 0.25) is 5.02 Å². The highest BCUT2D eigenvalue weighted by Gasteiger charge is 2.54. The van der Waals surface area contributed by atoms with Gasteiger partial charge in [-0.25, -0.2) is 0 Å². The Morgan fingerprint density at radius 3 is 1.97 bits per heavy atom. The van der Waals surface area contributed by atoms with E-state index in [2.05, 4.69) is 29.2 Å². The van der Waals surface area contributed by atoms with E-state index < -0.39 is 0 Å². The van der Waals surface area contributed by atoms with Crippen molar-refractivity contribution in [2.45, 2.75) is 18.9 Å². The number of benzene rings is 3. The van der Waals surface area contributed by atoms with Gasteiger partial charge >= 0.3 is 0 Å². The quantitative estimate of drug-likeness (QED) is 0.377. The van der Waals surface area contributed by atoms with Gasteiger partial charge in [-0.15, -0.1) is 0 Å². The number of piperidine rings is 1. The van der Waals surface area contributed by atoms with Crippen LogP contribution in [0, 0.1) is 5.41 Å². The zero-order valence-electron chi connectivity index (χ0n) is 22.2. The summed E-state index contributed by atoms with van der Waals surface area (Å²) in [6, 6.07) is 20.0. The summed E-state index contributed by atoms with van der Waals surface area (Å²) in [4.78, 5) is 17.9. The third kappa shape index (κ3) is 4.60. The maximum atomic E-state index is 13.5. The number of anilines is 1. The number of amides is 1. The molecule has 8 heteroatoms. The Labute approximate surface area is 228 Å². The third-order valence-corrected chi connectivity index (χ3v) is 8.18. The summed E-state index contributed by atoms with van der Waals surface area (Å²) in [5.74, 6) is 2.23. The molecule has 0 bridgehead atoms. The first-order chi connectivity index (χ1) is 18.4. The Balaban J connectivity index is 1.37. The molecule has 1 amide bonds. The first-order valence-electron chi connectivity index (χ1n) is 12.7. The fourth-order valence-corrected chi connectivity index (χ4v) is 6.03. The van der Waals surface area contributed by atoms with Crippen LogP contribution in [0.5, 0.6) is 23.0 Å². The zero-order chi connectivity index (χ0) is 26.9. The lowest BCUT2D eigenvalue weighted by Gasteiger charge is -2.61. The monoisotopic (exact) mass is 536 g/mol. The van der Waals surface area contributed by atoms with E-state index in [0.29, 0.717) is 35.9 Å². The number of hydrogen-bond donors (Lipinski definition) is 0. The van der Waals surface area contributed by atoms with Gasteiger partial charge in [0.2, 0.25) is 5.75 Å². The van der Waals surface area contributed by atoms with Crippen molar-refractivity contribution >= 4 is 23.2 Å². The molecule has 2 heterocycles. The van der Waals surface area contributed by atoms with Crippen LogP contribution >= 0.6 is 11.6 Å². The van der Waals surface area contributed by atoms with Gasteiger partial charge in [0, 0.05) is 41.3 Å². The number of halogens is 1. The summed E-state index contributed by atoms with van der Waals surface area (Å²) in [5, 5.41) is 0.726. The number of ether oxygens (including phenoxy) is 4. The van der Waals surface area contributed by atoms with Gasteiger partial charge < -0.3 is 28.7 Å². The summed E-state index contributed by atoms with van der Waals surface area (Å²) in [5.41, 5.74) is 2.99. The number of carbonyl (C=O) groups excluding carboxylic acids is 1. The highest BCUT2D eigenvalue weighted by atomic mass is 35.5. The van der Waals surface area contributed by atoms with E-state index in [9.17, 15) is 4.79 Å². The molecule has 7 nitrogen and oxygen atoms in total. The third-order valence-electron chi connectivity index (χ3n) is 7.92. The SMILES string of the molecule is COc1ccc(N2CC3(CCN(C(=O)c4cc(OC)c(OC)c(OC)c4)CC3)C2c2ccc(Cl)cc2)cc1. The van der Waals surface area contributed by atoms with Gasteiger partial charge in [0.15, 0.2) is 11.5 Å². The molecule has 2 aliphatic rings. The van der Waals surface area contributed by atoms with Crippen LogP contribution in [-0.4, -0.2) is 58.9 Å². The second-order valence-corrected chi connectivity index (χ2v) is 10.3. The Hall–Kier alpha value is -3.58. The zero-order valence-corrected chi connectivity index (χ0v) is 23.0. The molecule has 2 fully saturated rings. The van der Waals surface area contributed by atoms with Crippen molar-refractivity contribution in [3.8, 4) is 23.0 Å². The van der Waals surface area contributed by atoms with Crippen LogP contribution in [-0.2, 0) is 0 Å². The number of likely N-dealkylation sites (tertiary alicyclic amines) is 1. The Bertz CT molecular complexity index is 1260.